The summed E-state index contributed by atoms with van der Waals surface area (Å²) in [6.07, 6.45) is -0.197. The molecule has 0 saturated heterocycles. The molecule has 0 fully saturated rings. The lowest BCUT2D eigenvalue weighted by atomic mass is 10.0. The summed E-state index contributed by atoms with van der Waals surface area (Å²) in [6, 6.07) is 14.7. The Balaban J connectivity index is 1.95. The van der Waals surface area contributed by atoms with Crippen molar-refractivity contribution in [3.63, 3.8) is 0 Å². The molecule has 0 saturated carbocycles. The van der Waals surface area contributed by atoms with Crippen molar-refractivity contribution in [1.29, 1.82) is 0 Å². The molecule has 27 heavy (non-hydrogen) atoms. The van der Waals surface area contributed by atoms with E-state index in [0.717, 1.165) is 5.56 Å². The van der Waals surface area contributed by atoms with Gasteiger partial charge in [0.05, 0.1) is 16.5 Å². The van der Waals surface area contributed by atoms with E-state index in [-0.39, 0.29) is 28.0 Å². The van der Waals surface area contributed by atoms with Gasteiger partial charge in [0.15, 0.2) is 5.75 Å². The molecular weight excluding hydrogens is 411 g/mol. The van der Waals surface area contributed by atoms with Crippen molar-refractivity contribution in [1.82, 2.24) is 0 Å². The molecule has 0 aromatic heterocycles. The van der Waals surface area contributed by atoms with Crippen LogP contribution in [-0.2, 0) is 11.2 Å². The molecule has 0 aliphatic carbocycles. The van der Waals surface area contributed by atoms with Crippen LogP contribution in [0, 0.1) is 0 Å². The molecule has 0 radical (unpaired) electrons. The Morgan fingerprint density at radius 1 is 0.963 bits per heavy atom. The lowest BCUT2D eigenvalue weighted by Gasteiger charge is -2.13. The van der Waals surface area contributed by atoms with E-state index in [4.69, 9.17) is 44.6 Å². The number of carboxylic acids is 1. The summed E-state index contributed by atoms with van der Waals surface area (Å²) < 4.78 is 5.79. The van der Waals surface area contributed by atoms with Crippen molar-refractivity contribution >= 4 is 40.8 Å². The van der Waals surface area contributed by atoms with E-state index >= 15 is 0 Å². The highest BCUT2D eigenvalue weighted by molar-refractivity contribution is 6.37. The number of hydrogen-bond donors (Lipinski definition) is 2. The van der Waals surface area contributed by atoms with E-state index in [2.05, 4.69) is 0 Å². The number of carboxylic acid groups (broad SMARTS) is 1. The van der Waals surface area contributed by atoms with Gasteiger partial charge in [-0.15, -0.1) is 0 Å². The van der Waals surface area contributed by atoms with Crippen LogP contribution in [0.1, 0.15) is 5.56 Å². The van der Waals surface area contributed by atoms with Crippen LogP contribution in [0.5, 0.6) is 17.2 Å². The molecule has 4 nitrogen and oxygen atoms in total. The first-order valence-corrected chi connectivity index (χ1v) is 8.93. The van der Waals surface area contributed by atoms with Crippen LogP contribution in [0.3, 0.4) is 0 Å². The fraction of sp³-hybridized carbons (Fsp3) is 0.0500. The Labute approximate surface area is 170 Å². The molecule has 3 aromatic rings. The number of benzene rings is 3. The molecule has 0 spiro atoms. The van der Waals surface area contributed by atoms with Gasteiger partial charge in [0.25, 0.3) is 0 Å². The van der Waals surface area contributed by atoms with E-state index in [0.29, 0.717) is 21.9 Å². The van der Waals surface area contributed by atoms with Crippen LogP contribution in [0.4, 0.5) is 0 Å². The second kappa shape index (κ2) is 8.09. The molecule has 138 valence electrons. The van der Waals surface area contributed by atoms with Gasteiger partial charge in [-0.25, -0.2) is 0 Å². The molecule has 0 atom stereocenters. The first-order valence-electron chi connectivity index (χ1n) is 7.80. The average Bonchev–Trinajstić information content (AvgIpc) is 2.59. The molecule has 3 aromatic carbocycles. The van der Waals surface area contributed by atoms with Crippen molar-refractivity contribution in [3.05, 3.63) is 75.2 Å². The second-order valence-corrected chi connectivity index (χ2v) is 7.00. The van der Waals surface area contributed by atoms with Gasteiger partial charge >= 0.3 is 5.97 Å². The van der Waals surface area contributed by atoms with Gasteiger partial charge in [0, 0.05) is 10.6 Å². The number of hydrogen-bond acceptors (Lipinski definition) is 3. The SMILES string of the molecule is O=C(O)Cc1cc(Cl)c(Oc2ccc(O)c(-c3cccc(Cl)c3)c2)c(Cl)c1. The Bertz CT molecular complexity index is 995. The Morgan fingerprint density at radius 2 is 1.67 bits per heavy atom. The maximum Gasteiger partial charge on any atom is 0.307 e. The number of aliphatic carboxylic acids is 1. The first kappa shape index (κ1) is 19.4. The van der Waals surface area contributed by atoms with Crippen molar-refractivity contribution in [2.75, 3.05) is 0 Å². The molecule has 0 heterocycles. The normalized spacial score (nSPS) is 10.6. The summed E-state index contributed by atoms with van der Waals surface area (Å²) >= 11 is 18.4. The topological polar surface area (TPSA) is 66.8 Å². The molecule has 7 heteroatoms. The monoisotopic (exact) mass is 422 g/mol. The first-order chi connectivity index (χ1) is 12.8. The summed E-state index contributed by atoms with van der Waals surface area (Å²) in [6.45, 7) is 0. The molecule has 0 aliphatic heterocycles. The smallest absolute Gasteiger partial charge is 0.307 e. The lowest BCUT2D eigenvalue weighted by Crippen LogP contribution is -2.00. The summed E-state index contributed by atoms with van der Waals surface area (Å²) in [7, 11) is 0. The van der Waals surface area contributed by atoms with Crippen molar-refractivity contribution in [2.45, 2.75) is 6.42 Å². The fourth-order valence-electron chi connectivity index (χ4n) is 2.57. The lowest BCUT2D eigenvalue weighted by molar-refractivity contribution is -0.136. The fourth-order valence-corrected chi connectivity index (χ4v) is 3.37. The standard InChI is InChI=1S/C20H13Cl3O4/c21-13-3-1-2-12(9-13)15-10-14(4-5-18(15)24)27-20-16(22)6-11(7-17(20)23)8-19(25)26/h1-7,9-10,24H,8H2,(H,25,26). The maximum atomic E-state index is 10.8. The third-order valence-corrected chi connectivity index (χ3v) is 4.53. The van der Waals surface area contributed by atoms with Crippen LogP contribution < -0.4 is 4.74 Å². The van der Waals surface area contributed by atoms with Crippen LogP contribution in [-0.4, -0.2) is 16.2 Å². The summed E-state index contributed by atoms with van der Waals surface area (Å²) in [5.74, 6) is -0.313. The average molecular weight is 424 g/mol. The number of halogens is 3. The third-order valence-electron chi connectivity index (χ3n) is 3.74. The van der Waals surface area contributed by atoms with Crippen molar-refractivity contribution in [2.24, 2.45) is 0 Å². The van der Waals surface area contributed by atoms with Crippen molar-refractivity contribution in [3.8, 4) is 28.4 Å². The highest BCUT2D eigenvalue weighted by Crippen LogP contribution is 2.40. The predicted octanol–water partition coefficient (Wildman–Crippen LogP) is 6.44. The number of aromatic hydroxyl groups is 1. The predicted molar refractivity (Wildman–Crippen MR) is 106 cm³/mol. The van der Waals surface area contributed by atoms with Gasteiger partial charge < -0.3 is 14.9 Å². The number of ether oxygens (including phenoxy) is 1. The van der Waals surface area contributed by atoms with Crippen molar-refractivity contribution < 1.29 is 19.7 Å². The zero-order valence-corrected chi connectivity index (χ0v) is 16.0. The van der Waals surface area contributed by atoms with E-state index in [9.17, 15) is 9.90 Å². The van der Waals surface area contributed by atoms with Crippen LogP contribution in [0.25, 0.3) is 11.1 Å². The minimum atomic E-state index is -0.986. The molecule has 0 unspecified atom stereocenters. The number of carbonyl (C=O) groups is 1. The zero-order chi connectivity index (χ0) is 19.6. The van der Waals surface area contributed by atoms with E-state index in [1.807, 2.05) is 6.07 Å². The molecule has 0 aliphatic rings. The third kappa shape index (κ3) is 4.66. The molecule has 2 N–H and O–H groups in total. The number of phenols is 1. The summed E-state index contributed by atoms with van der Waals surface area (Å²) in [4.78, 5) is 10.8. The second-order valence-electron chi connectivity index (χ2n) is 5.75. The minimum absolute atomic E-state index is 0.0682. The molecular formula is C20H13Cl3O4. The van der Waals surface area contributed by atoms with Gasteiger partial charge in [-0.1, -0.05) is 46.9 Å². The van der Waals surface area contributed by atoms with Gasteiger partial charge in [-0.05, 0) is 53.6 Å². The van der Waals surface area contributed by atoms with Gasteiger partial charge in [0.1, 0.15) is 11.5 Å². The Hall–Kier alpha value is -2.40. The minimum Gasteiger partial charge on any atom is -0.507 e. The number of rotatable bonds is 5. The van der Waals surface area contributed by atoms with Crippen LogP contribution in [0.2, 0.25) is 15.1 Å². The van der Waals surface area contributed by atoms with Gasteiger partial charge in [-0.2, -0.15) is 0 Å². The molecule has 0 bridgehead atoms. The highest BCUT2D eigenvalue weighted by Gasteiger charge is 2.14. The van der Waals surface area contributed by atoms with Crippen LogP contribution >= 0.6 is 34.8 Å². The van der Waals surface area contributed by atoms with Gasteiger partial charge in [0.2, 0.25) is 0 Å². The maximum absolute atomic E-state index is 10.8. The highest BCUT2D eigenvalue weighted by atomic mass is 35.5. The van der Waals surface area contributed by atoms with Gasteiger partial charge in [-0.3, -0.25) is 4.79 Å². The Kier molecular flexibility index (Phi) is 5.80. The molecule has 0 amide bonds. The van der Waals surface area contributed by atoms with E-state index in [1.54, 1.807) is 30.3 Å². The largest absolute Gasteiger partial charge is 0.507 e. The summed E-state index contributed by atoms with van der Waals surface area (Å²) in [5.41, 5.74) is 1.72. The van der Waals surface area contributed by atoms with E-state index in [1.165, 1.54) is 18.2 Å². The van der Waals surface area contributed by atoms with Crippen LogP contribution in [0.15, 0.2) is 54.6 Å². The number of phenolic OH excluding ortho intramolecular Hbond substituents is 1. The van der Waals surface area contributed by atoms with E-state index < -0.39 is 5.97 Å². The summed E-state index contributed by atoms with van der Waals surface area (Å²) in [5, 5.41) is 20.0. The Morgan fingerprint density at radius 3 is 2.30 bits per heavy atom. The zero-order valence-electron chi connectivity index (χ0n) is 13.7. The molecule has 3 rings (SSSR count). The quantitative estimate of drug-likeness (QED) is 0.495.